The monoisotopic (exact) mass is 579 g/mol. The molecule has 1 nitrogen and oxygen atoms in total. The van der Waals surface area contributed by atoms with Crippen molar-refractivity contribution >= 4 is 87.1 Å². The number of aromatic nitrogens is 1. The summed E-state index contributed by atoms with van der Waals surface area (Å²) < 4.78 is 8.14. The Morgan fingerprint density at radius 2 is 1.26 bits per heavy atom. The summed E-state index contributed by atoms with van der Waals surface area (Å²) in [4.78, 5) is 0. The van der Waals surface area contributed by atoms with Crippen molar-refractivity contribution in [3.63, 3.8) is 0 Å². The minimum atomic E-state index is 0.379. The van der Waals surface area contributed by atoms with Crippen molar-refractivity contribution in [2.75, 3.05) is 0 Å². The number of benzene rings is 6. The molecule has 0 aliphatic rings. The van der Waals surface area contributed by atoms with Crippen LogP contribution >= 0.6 is 11.3 Å². The first-order chi connectivity index (χ1) is 19.3. The molecule has 0 unspecified atom stereocenters. The number of fused-ring (bicyclic) bond motifs is 10. The van der Waals surface area contributed by atoms with Crippen LogP contribution in [0.2, 0.25) is 0 Å². The van der Waals surface area contributed by atoms with Crippen LogP contribution in [0.4, 0.5) is 0 Å². The number of para-hydroxylation sites is 2. The Kier molecular flexibility index (Phi) is 4.56. The van der Waals surface area contributed by atoms with E-state index in [0.29, 0.717) is 14.5 Å². The average Bonchev–Trinajstić information content (AvgIpc) is 3.66. The Labute approximate surface area is 234 Å². The van der Waals surface area contributed by atoms with Gasteiger partial charge in [-0.3, -0.25) is 0 Å². The number of hydrogen-bond acceptors (Lipinski definition) is 1. The molecule has 0 radical (unpaired) electrons. The molecular formula is C36H21NSSe. The Bertz CT molecular complexity index is 2390. The standard InChI is InChI=1S/C36H21NSSe/c1-2-10-23(11-3-1)37-30-15-7-4-12-24(30)29-21-27(36-34(35(29)37)26-14-5-8-16-31(26)38-36)22-18-19-33-28(20-22)25-13-6-9-17-32(25)39-33/h1-21H. The second-order valence-corrected chi connectivity index (χ2v) is 13.4. The molecule has 3 heteroatoms. The second-order valence-electron chi connectivity index (χ2n) is 10.1. The van der Waals surface area contributed by atoms with Gasteiger partial charge >= 0.3 is 230 Å². The van der Waals surface area contributed by atoms with E-state index in [2.05, 4.69) is 132 Å². The molecule has 9 aromatic rings. The molecule has 3 aromatic heterocycles. The molecule has 0 atom stereocenters. The molecule has 0 amide bonds. The van der Waals surface area contributed by atoms with Crippen LogP contribution in [0.1, 0.15) is 0 Å². The molecule has 0 bridgehead atoms. The fraction of sp³-hybridized carbons (Fsp3) is 0. The maximum atomic E-state index is 2.47. The fourth-order valence-electron chi connectivity index (χ4n) is 6.29. The third-order valence-electron chi connectivity index (χ3n) is 7.98. The van der Waals surface area contributed by atoms with Crippen LogP contribution in [0.3, 0.4) is 0 Å². The van der Waals surface area contributed by atoms with E-state index in [1.165, 1.54) is 78.1 Å². The van der Waals surface area contributed by atoms with Gasteiger partial charge in [-0.25, -0.2) is 0 Å². The van der Waals surface area contributed by atoms with Crippen LogP contribution < -0.4 is 0 Å². The Hall–Kier alpha value is -4.14. The first-order valence-corrected chi connectivity index (χ1v) is 15.7. The van der Waals surface area contributed by atoms with E-state index in [0.717, 1.165) is 0 Å². The third kappa shape index (κ3) is 3.07. The van der Waals surface area contributed by atoms with Gasteiger partial charge < -0.3 is 0 Å². The summed E-state index contributed by atoms with van der Waals surface area (Å²) in [5, 5.41) is 8.11. The molecule has 0 spiro atoms. The maximum absolute atomic E-state index is 2.47. The van der Waals surface area contributed by atoms with E-state index >= 15 is 0 Å². The van der Waals surface area contributed by atoms with Crippen molar-refractivity contribution in [2.45, 2.75) is 0 Å². The number of hydrogen-bond donors (Lipinski definition) is 0. The van der Waals surface area contributed by atoms with Crippen LogP contribution in [0.15, 0.2) is 127 Å². The van der Waals surface area contributed by atoms with Crippen molar-refractivity contribution in [3.05, 3.63) is 127 Å². The van der Waals surface area contributed by atoms with Gasteiger partial charge in [-0.2, -0.15) is 0 Å². The van der Waals surface area contributed by atoms with E-state index in [9.17, 15) is 0 Å². The van der Waals surface area contributed by atoms with Gasteiger partial charge in [0, 0.05) is 0 Å². The molecular weight excluding hydrogens is 557 g/mol. The molecule has 39 heavy (non-hydrogen) atoms. The predicted molar refractivity (Wildman–Crippen MR) is 171 cm³/mol. The van der Waals surface area contributed by atoms with E-state index in [-0.39, 0.29) is 0 Å². The van der Waals surface area contributed by atoms with Crippen LogP contribution in [0, 0.1) is 0 Å². The first kappa shape index (κ1) is 21.8. The van der Waals surface area contributed by atoms with Crippen LogP contribution in [-0.4, -0.2) is 19.1 Å². The van der Waals surface area contributed by atoms with Gasteiger partial charge in [0.25, 0.3) is 0 Å². The summed E-state index contributed by atoms with van der Waals surface area (Å²) in [6.45, 7) is 0. The summed E-state index contributed by atoms with van der Waals surface area (Å²) in [7, 11) is 0. The van der Waals surface area contributed by atoms with Gasteiger partial charge in [0.1, 0.15) is 0 Å². The molecule has 0 aliphatic carbocycles. The summed E-state index contributed by atoms with van der Waals surface area (Å²) in [5.74, 6) is 0. The molecule has 0 fully saturated rings. The summed E-state index contributed by atoms with van der Waals surface area (Å²) >= 11 is 2.30. The second kappa shape index (κ2) is 8.18. The van der Waals surface area contributed by atoms with E-state index in [4.69, 9.17) is 0 Å². The number of rotatable bonds is 2. The van der Waals surface area contributed by atoms with Gasteiger partial charge in [-0.1, -0.05) is 6.07 Å². The molecule has 0 aliphatic heterocycles. The molecule has 0 N–H and O–H groups in total. The molecule has 0 saturated carbocycles. The zero-order chi connectivity index (χ0) is 25.5. The zero-order valence-corrected chi connectivity index (χ0v) is 23.4. The Balaban J connectivity index is 1.49. The van der Waals surface area contributed by atoms with Gasteiger partial charge in [0.15, 0.2) is 0 Å². The zero-order valence-electron chi connectivity index (χ0n) is 20.9. The topological polar surface area (TPSA) is 4.93 Å². The molecule has 182 valence electrons. The normalized spacial score (nSPS) is 12.1. The van der Waals surface area contributed by atoms with Crippen molar-refractivity contribution in [1.29, 1.82) is 0 Å². The van der Waals surface area contributed by atoms with E-state index < -0.39 is 0 Å². The van der Waals surface area contributed by atoms with E-state index in [1.807, 2.05) is 11.3 Å². The Morgan fingerprint density at radius 3 is 2.15 bits per heavy atom. The predicted octanol–water partition coefficient (Wildman–Crippen LogP) is 10.2. The summed E-state index contributed by atoms with van der Waals surface area (Å²) in [6.07, 6.45) is 0. The van der Waals surface area contributed by atoms with Crippen molar-refractivity contribution in [2.24, 2.45) is 0 Å². The first-order valence-electron chi connectivity index (χ1n) is 13.2. The number of nitrogens with zero attached hydrogens (tertiary/aromatic N) is 1. The van der Waals surface area contributed by atoms with Gasteiger partial charge in [-0.05, 0) is 0 Å². The Morgan fingerprint density at radius 1 is 0.538 bits per heavy atom. The van der Waals surface area contributed by atoms with Crippen LogP contribution in [-0.2, 0) is 0 Å². The molecule has 9 rings (SSSR count). The van der Waals surface area contributed by atoms with Crippen molar-refractivity contribution in [1.82, 2.24) is 4.57 Å². The van der Waals surface area contributed by atoms with Gasteiger partial charge in [-0.15, -0.1) is 0 Å². The average molecular weight is 579 g/mol. The molecule has 3 heterocycles. The fourth-order valence-corrected chi connectivity index (χ4v) is 9.81. The van der Waals surface area contributed by atoms with Crippen LogP contribution in [0.25, 0.3) is 78.1 Å². The summed E-state index contributed by atoms with van der Waals surface area (Å²) in [6, 6.07) is 47.2. The minimum absolute atomic E-state index is 0.379. The van der Waals surface area contributed by atoms with Crippen molar-refractivity contribution in [3.8, 4) is 16.8 Å². The third-order valence-corrected chi connectivity index (χ3v) is 11.6. The van der Waals surface area contributed by atoms with Crippen LogP contribution in [0.5, 0.6) is 0 Å². The van der Waals surface area contributed by atoms with Gasteiger partial charge in [0.05, 0.1) is 0 Å². The molecule has 6 aromatic carbocycles. The van der Waals surface area contributed by atoms with E-state index in [1.54, 1.807) is 0 Å². The van der Waals surface area contributed by atoms with Gasteiger partial charge in [0.2, 0.25) is 0 Å². The molecule has 0 saturated heterocycles. The quantitative estimate of drug-likeness (QED) is 0.180. The SMILES string of the molecule is c1ccc(-n2c3ccccc3c3cc(-c4ccc5[se]c6ccccc6c5c4)c4sc5ccccc5c4c32)cc1. The number of thiophene rings is 1. The van der Waals surface area contributed by atoms with Crippen molar-refractivity contribution < 1.29 is 0 Å². The summed E-state index contributed by atoms with van der Waals surface area (Å²) in [5.41, 5.74) is 6.38.